The number of rotatable bonds is 3. The summed E-state index contributed by atoms with van der Waals surface area (Å²) in [7, 11) is 3.19. The Balaban J connectivity index is 2.18. The third-order valence-corrected chi connectivity index (χ3v) is 4.56. The lowest BCUT2D eigenvalue weighted by atomic mass is 9.83. The Morgan fingerprint density at radius 2 is 1.96 bits per heavy atom. The first-order valence-electron chi connectivity index (χ1n) is 7.18. The van der Waals surface area contributed by atoms with E-state index >= 15 is 0 Å². The molecule has 2 N–H and O–H groups in total. The number of nitrogens with zero attached hydrogens (tertiary/aromatic N) is 1. The minimum Gasteiger partial charge on any atom is -0.497 e. The molecule has 5 nitrogen and oxygen atoms in total. The first kappa shape index (κ1) is 16.2. The quantitative estimate of drug-likeness (QED) is 0.870. The van der Waals surface area contributed by atoms with Crippen molar-refractivity contribution in [3.63, 3.8) is 0 Å². The molecular weight excluding hydrogens is 372 g/mol. The normalized spacial score (nSPS) is 16.0. The number of benzene rings is 2. The molecule has 2 aromatic rings. The van der Waals surface area contributed by atoms with E-state index in [0.29, 0.717) is 17.1 Å². The van der Waals surface area contributed by atoms with Gasteiger partial charge in [-0.15, -0.1) is 0 Å². The van der Waals surface area contributed by atoms with Crippen LogP contribution in [0.4, 0.5) is 0 Å². The highest BCUT2D eigenvalue weighted by Gasteiger charge is 2.31. The van der Waals surface area contributed by atoms with E-state index in [-0.39, 0.29) is 11.8 Å². The van der Waals surface area contributed by atoms with Gasteiger partial charge in [0.05, 0.1) is 24.6 Å². The maximum atomic E-state index is 9.56. The van der Waals surface area contributed by atoms with Crippen molar-refractivity contribution in [3.8, 4) is 23.3 Å². The van der Waals surface area contributed by atoms with Gasteiger partial charge in [-0.25, -0.2) is 0 Å². The van der Waals surface area contributed by atoms with Gasteiger partial charge in [0.25, 0.3) is 0 Å². The van der Waals surface area contributed by atoms with E-state index in [2.05, 4.69) is 22.0 Å². The van der Waals surface area contributed by atoms with Gasteiger partial charge in [-0.2, -0.15) is 5.26 Å². The summed E-state index contributed by atoms with van der Waals surface area (Å²) in [5.74, 6) is 1.76. The van der Waals surface area contributed by atoms with Crippen LogP contribution in [0, 0.1) is 11.3 Å². The van der Waals surface area contributed by atoms with E-state index in [0.717, 1.165) is 21.3 Å². The molecule has 24 heavy (non-hydrogen) atoms. The first-order chi connectivity index (χ1) is 11.6. The molecule has 0 fully saturated rings. The molecule has 1 heterocycles. The maximum absolute atomic E-state index is 9.56. The van der Waals surface area contributed by atoms with Crippen molar-refractivity contribution in [2.45, 2.75) is 5.92 Å². The monoisotopic (exact) mass is 386 g/mol. The number of hydrogen-bond acceptors (Lipinski definition) is 5. The summed E-state index contributed by atoms with van der Waals surface area (Å²) >= 11 is 3.49. The summed E-state index contributed by atoms with van der Waals surface area (Å²) in [6, 6.07) is 13.4. The molecule has 0 saturated heterocycles. The van der Waals surface area contributed by atoms with Gasteiger partial charge >= 0.3 is 0 Å². The second-order valence-electron chi connectivity index (χ2n) is 5.22. The molecule has 0 aromatic heterocycles. The number of allylic oxidation sites excluding steroid dienone is 1. The number of fused-ring (bicyclic) bond motifs is 1. The molecule has 0 saturated carbocycles. The van der Waals surface area contributed by atoms with Crippen LogP contribution in [0.1, 0.15) is 17.0 Å². The molecule has 6 heteroatoms. The van der Waals surface area contributed by atoms with Gasteiger partial charge < -0.3 is 19.9 Å². The van der Waals surface area contributed by atoms with Gasteiger partial charge in [0.15, 0.2) is 0 Å². The van der Waals surface area contributed by atoms with Crippen LogP contribution in [0.25, 0.3) is 0 Å². The fourth-order valence-electron chi connectivity index (χ4n) is 2.77. The second-order valence-corrected chi connectivity index (χ2v) is 6.08. The molecule has 3 rings (SSSR count). The van der Waals surface area contributed by atoms with E-state index in [4.69, 9.17) is 19.9 Å². The fourth-order valence-corrected chi connectivity index (χ4v) is 3.33. The molecule has 1 aliphatic rings. The SMILES string of the molecule is COc1ccc2c(c1)OC(N)=C(C#N)[C@@H]2c1ccc(OC)c(Br)c1. The van der Waals surface area contributed by atoms with Gasteiger partial charge in [0, 0.05) is 11.6 Å². The molecule has 1 atom stereocenters. The molecular formula is C18H15BrN2O3. The molecule has 0 unspecified atom stereocenters. The van der Waals surface area contributed by atoms with Crippen LogP contribution < -0.4 is 19.9 Å². The molecule has 0 radical (unpaired) electrons. The Morgan fingerprint density at radius 1 is 1.17 bits per heavy atom. The average molecular weight is 387 g/mol. The maximum Gasteiger partial charge on any atom is 0.205 e. The van der Waals surface area contributed by atoms with Crippen LogP contribution in [0.3, 0.4) is 0 Å². The Bertz CT molecular complexity index is 871. The summed E-state index contributed by atoms with van der Waals surface area (Å²) in [5, 5.41) is 9.56. The molecule has 1 aliphatic heterocycles. The van der Waals surface area contributed by atoms with Gasteiger partial charge in [-0.3, -0.25) is 0 Å². The first-order valence-corrected chi connectivity index (χ1v) is 7.97. The molecule has 2 aromatic carbocycles. The van der Waals surface area contributed by atoms with Crippen molar-refractivity contribution in [2.75, 3.05) is 14.2 Å². The van der Waals surface area contributed by atoms with E-state index in [1.165, 1.54) is 0 Å². The third-order valence-electron chi connectivity index (χ3n) is 3.94. The van der Waals surface area contributed by atoms with E-state index in [1.807, 2.05) is 30.3 Å². The third kappa shape index (κ3) is 2.68. The Morgan fingerprint density at radius 3 is 2.58 bits per heavy atom. The summed E-state index contributed by atoms with van der Waals surface area (Å²) in [6.45, 7) is 0. The van der Waals surface area contributed by atoms with E-state index in [9.17, 15) is 5.26 Å². The number of nitriles is 1. The molecule has 0 bridgehead atoms. The Kier molecular flexibility index (Phi) is 4.36. The predicted octanol–water partition coefficient (Wildman–Crippen LogP) is 3.68. The van der Waals surface area contributed by atoms with Crippen molar-refractivity contribution < 1.29 is 14.2 Å². The standard InChI is InChI=1S/C18H15BrN2O3/c1-22-11-4-5-12-16(8-11)24-18(21)13(9-20)17(12)10-3-6-15(23-2)14(19)7-10/h3-8,17H,21H2,1-2H3/t17-/m1/s1. The van der Waals surface area contributed by atoms with Crippen LogP contribution in [0.5, 0.6) is 17.2 Å². The Labute approximate surface area is 148 Å². The number of methoxy groups -OCH3 is 2. The number of ether oxygens (including phenoxy) is 3. The highest BCUT2D eigenvalue weighted by molar-refractivity contribution is 9.10. The van der Waals surface area contributed by atoms with Crippen molar-refractivity contribution >= 4 is 15.9 Å². The van der Waals surface area contributed by atoms with Gasteiger partial charge in [0.1, 0.15) is 28.9 Å². The van der Waals surface area contributed by atoms with Gasteiger partial charge in [-0.05, 0) is 39.7 Å². The van der Waals surface area contributed by atoms with Crippen LogP contribution >= 0.6 is 15.9 Å². The van der Waals surface area contributed by atoms with E-state index in [1.54, 1.807) is 20.3 Å². The van der Waals surface area contributed by atoms with Crippen molar-refractivity contribution in [1.82, 2.24) is 0 Å². The highest BCUT2D eigenvalue weighted by Crippen LogP contribution is 2.44. The highest BCUT2D eigenvalue weighted by atomic mass is 79.9. The Hall–Kier alpha value is -2.65. The fraction of sp³-hybridized carbons (Fsp3) is 0.167. The number of nitrogens with two attached hydrogens (primary N) is 1. The number of hydrogen-bond donors (Lipinski definition) is 1. The lowest BCUT2D eigenvalue weighted by Crippen LogP contribution is -2.21. The van der Waals surface area contributed by atoms with Crippen LogP contribution in [0.15, 0.2) is 52.3 Å². The molecule has 0 aliphatic carbocycles. The zero-order valence-electron chi connectivity index (χ0n) is 13.2. The summed E-state index contributed by atoms with van der Waals surface area (Å²) < 4.78 is 16.9. The zero-order chi connectivity index (χ0) is 17.3. The second kappa shape index (κ2) is 6.46. The predicted molar refractivity (Wildman–Crippen MR) is 93.0 cm³/mol. The minimum atomic E-state index is -0.313. The minimum absolute atomic E-state index is 0.107. The largest absolute Gasteiger partial charge is 0.497 e. The van der Waals surface area contributed by atoms with Crippen LogP contribution in [0.2, 0.25) is 0 Å². The molecule has 0 spiro atoms. The lowest BCUT2D eigenvalue weighted by molar-refractivity contribution is 0.381. The topological polar surface area (TPSA) is 77.5 Å². The zero-order valence-corrected chi connectivity index (χ0v) is 14.8. The summed E-state index contributed by atoms with van der Waals surface area (Å²) in [5.41, 5.74) is 8.13. The summed E-state index contributed by atoms with van der Waals surface area (Å²) in [4.78, 5) is 0. The van der Waals surface area contributed by atoms with Gasteiger partial charge in [-0.1, -0.05) is 12.1 Å². The summed E-state index contributed by atoms with van der Waals surface area (Å²) in [6.07, 6.45) is 0. The molecule has 0 amide bonds. The average Bonchev–Trinajstić information content (AvgIpc) is 2.59. The lowest BCUT2D eigenvalue weighted by Gasteiger charge is -2.27. The molecule has 122 valence electrons. The smallest absolute Gasteiger partial charge is 0.205 e. The van der Waals surface area contributed by atoms with Crippen molar-refractivity contribution in [2.24, 2.45) is 5.73 Å². The van der Waals surface area contributed by atoms with E-state index < -0.39 is 0 Å². The number of halogens is 1. The van der Waals surface area contributed by atoms with Crippen molar-refractivity contribution in [3.05, 3.63) is 63.5 Å². The van der Waals surface area contributed by atoms with Gasteiger partial charge in [0.2, 0.25) is 5.88 Å². The van der Waals surface area contributed by atoms with Crippen molar-refractivity contribution in [1.29, 1.82) is 5.26 Å². The van der Waals surface area contributed by atoms with Crippen LogP contribution in [-0.4, -0.2) is 14.2 Å². The van der Waals surface area contributed by atoms with Crippen LogP contribution in [-0.2, 0) is 0 Å².